The summed E-state index contributed by atoms with van der Waals surface area (Å²) in [6, 6.07) is -0.349. The zero-order chi connectivity index (χ0) is 11.9. The summed E-state index contributed by atoms with van der Waals surface area (Å²) in [5.74, 6) is -0.686. The van der Waals surface area contributed by atoms with E-state index < -0.39 is 21.5 Å². The first-order valence-corrected chi connectivity index (χ1v) is 7.29. The minimum absolute atomic E-state index is 0.0292. The summed E-state index contributed by atoms with van der Waals surface area (Å²) >= 11 is 0. The van der Waals surface area contributed by atoms with Gasteiger partial charge in [-0.15, -0.1) is 0 Å². The molecule has 0 aromatic carbocycles. The van der Waals surface area contributed by atoms with E-state index in [0.717, 1.165) is 12.7 Å². The van der Waals surface area contributed by atoms with Crippen molar-refractivity contribution in [3.05, 3.63) is 0 Å². The van der Waals surface area contributed by atoms with Crippen LogP contribution in [0.25, 0.3) is 0 Å². The third kappa shape index (κ3) is 2.21. The van der Waals surface area contributed by atoms with Crippen LogP contribution in [-0.2, 0) is 19.4 Å². The predicted octanol–water partition coefficient (Wildman–Crippen LogP) is -1.74. The van der Waals surface area contributed by atoms with Gasteiger partial charge >= 0.3 is 0 Å². The second-order valence-electron chi connectivity index (χ2n) is 4.53. The van der Waals surface area contributed by atoms with Gasteiger partial charge in [0.1, 0.15) is 5.75 Å². The summed E-state index contributed by atoms with van der Waals surface area (Å²) in [6.07, 6.45) is 1.92. The van der Waals surface area contributed by atoms with Crippen molar-refractivity contribution >= 4 is 15.7 Å². The van der Waals surface area contributed by atoms with E-state index >= 15 is 0 Å². The molecule has 4 atom stereocenters. The molecule has 1 aliphatic heterocycles. The SMILES string of the molecule is CS(=O)(=O)CC(=O)NC1C(N)C2CCOC21. The van der Waals surface area contributed by atoms with E-state index in [0.29, 0.717) is 12.5 Å². The highest BCUT2D eigenvalue weighted by atomic mass is 32.2. The van der Waals surface area contributed by atoms with Crippen molar-refractivity contribution in [3.8, 4) is 0 Å². The molecule has 0 aromatic rings. The second-order valence-corrected chi connectivity index (χ2v) is 6.67. The third-order valence-electron chi connectivity index (χ3n) is 3.17. The Kier molecular flexibility index (Phi) is 2.93. The highest BCUT2D eigenvalue weighted by Gasteiger charge is 2.52. The minimum atomic E-state index is -3.29. The van der Waals surface area contributed by atoms with Gasteiger partial charge in [-0.25, -0.2) is 8.42 Å². The lowest BCUT2D eigenvalue weighted by atomic mass is 9.72. The standard InChI is InChI=1S/C9H16N2O4S/c1-16(13,14)4-6(12)11-8-7(10)5-2-3-15-9(5)8/h5,7-9H,2-4,10H2,1H3,(H,11,12). The molecule has 0 aromatic heterocycles. The normalized spacial score (nSPS) is 37.6. The molecule has 0 bridgehead atoms. The van der Waals surface area contributed by atoms with Gasteiger partial charge in [0, 0.05) is 24.8 Å². The zero-order valence-electron chi connectivity index (χ0n) is 9.05. The molecule has 1 heterocycles. The van der Waals surface area contributed by atoms with Crippen LogP contribution < -0.4 is 11.1 Å². The average molecular weight is 248 g/mol. The molecular weight excluding hydrogens is 232 g/mol. The average Bonchev–Trinajstić information content (AvgIpc) is 2.55. The van der Waals surface area contributed by atoms with Gasteiger partial charge in [-0.2, -0.15) is 0 Å². The predicted molar refractivity (Wildman–Crippen MR) is 57.5 cm³/mol. The molecular formula is C9H16N2O4S. The molecule has 1 aliphatic carbocycles. The summed E-state index contributed by atoms with van der Waals surface area (Å²) in [4.78, 5) is 11.4. The van der Waals surface area contributed by atoms with Crippen molar-refractivity contribution in [2.75, 3.05) is 18.6 Å². The summed E-state index contributed by atoms with van der Waals surface area (Å²) < 4.78 is 27.3. The topological polar surface area (TPSA) is 98.5 Å². The van der Waals surface area contributed by atoms with Crippen LogP contribution in [0.1, 0.15) is 6.42 Å². The Hall–Kier alpha value is -0.660. The lowest BCUT2D eigenvalue weighted by molar-refractivity contribution is -0.123. The Labute approximate surface area is 94.4 Å². The Bertz CT molecular complexity index is 394. The minimum Gasteiger partial charge on any atom is -0.376 e. The first-order chi connectivity index (χ1) is 7.38. The van der Waals surface area contributed by atoms with Crippen molar-refractivity contribution in [2.45, 2.75) is 24.6 Å². The fourth-order valence-electron chi connectivity index (χ4n) is 2.39. The molecule has 1 saturated heterocycles. The van der Waals surface area contributed by atoms with E-state index in [1.54, 1.807) is 0 Å². The first kappa shape index (κ1) is 11.8. The van der Waals surface area contributed by atoms with Crippen LogP contribution in [0, 0.1) is 5.92 Å². The summed E-state index contributed by atoms with van der Waals surface area (Å²) in [6.45, 7) is 0.668. The van der Waals surface area contributed by atoms with Crippen molar-refractivity contribution in [1.29, 1.82) is 0 Å². The maximum atomic E-state index is 11.4. The second kappa shape index (κ2) is 3.97. The monoisotopic (exact) mass is 248 g/mol. The van der Waals surface area contributed by atoms with Gasteiger partial charge in [0.25, 0.3) is 0 Å². The number of rotatable bonds is 3. The van der Waals surface area contributed by atoms with Crippen LogP contribution in [-0.4, -0.2) is 51.1 Å². The van der Waals surface area contributed by atoms with E-state index in [9.17, 15) is 13.2 Å². The zero-order valence-corrected chi connectivity index (χ0v) is 9.87. The van der Waals surface area contributed by atoms with Crippen LogP contribution in [0.2, 0.25) is 0 Å². The van der Waals surface area contributed by atoms with Gasteiger partial charge in [0.15, 0.2) is 9.84 Å². The highest BCUT2D eigenvalue weighted by molar-refractivity contribution is 7.91. The summed E-state index contributed by atoms with van der Waals surface area (Å²) in [7, 11) is -3.29. The Morgan fingerprint density at radius 1 is 1.56 bits per heavy atom. The number of sulfone groups is 1. The molecule has 2 rings (SSSR count). The van der Waals surface area contributed by atoms with Crippen LogP contribution >= 0.6 is 0 Å². The lowest BCUT2D eigenvalue weighted by Crippen LogP contribution is -2.69. The van der Waals surface area contributed by atoms with E-state index in [1.165, 1.54) is 0 Å². The highest BCUT2D eigenvalue weighted by Crippen LogP contribution is 2.37. The molecule has 1 amide bonds. The summed E-state index contributed by atoms with van der Waals surface area (Å²) in [5.41, 5.74) is 5.88. The number of nitrogens with one attached hydrogen (secondary N) is 1. The Morgan fingerprint density at radius 3 is 2.88 bits per heavy atom. The number of nitrogens with two attached hydrogens (primary N) is 1. The molecule has 4 unspecified atom stereocenters. The molecule has 6 nitrogen and oxygen atoms in total. The number of ether oxygens (including phenoxy) is 1. The molecule has 0 radical (unpaired) electrons. The maximum Gasteiger partial charge on any atom is 0.235 e. The molecule has 0 spiro atoms. The van der Waals surface area contributed by atoms with E-state index in [1.807, 2.05) is 0 Å². The van der Waals surface area contributed by atoms with Crippen LogP contribution in [0.4, 0.5) is 0 Å². The van der Waals surface area contributed by atoms with Crippen LogP contribution in [0.15, 0.2) is 0 Å². The fraction of sp³-hybridized carbons (Fsp3) is 0.889. The Morgan fingerprint density at radius 2 is 2.25 bits per heavy atom. The van der Waals surface area contributed by atoms with E-state index in [2.05, 4.69) is 5.32 Å². The molecule has 3 N–H and O–H groups in total. The number of fused-ring (bicyclic) bond motifs is 1. The van der Waals surface area contributed by atoms with Gasteiger partial charge in [-0.1, -0.05) is 0 Å². The van der Waals surface area contributed by atoms with Crippen molar-refractivity contribution in [2.24, 2.45) is 11.7 Å². The Balaban J connectivity index is 1.89. The number of amides is 1. The number of hydrogen-bond donors (Lipinski definition) is 2. The third-order valence-corrected chi connectivity index (χ3v) is 3.95. The van der Waals surface area contributed by atoms with Gasteiger partial charge in [0.05, 0.1) is 12.1 Å². The van der Waals surface area contributed by atoms with Gasteiger partial charge in [-0.3, -0.25) is 4.79 Å². The van der Waals surface area contributed by atoms with Crippen molar-refractivity contribution in [3.63, 3.8) is 0 Å². The van der Waals surface area contributed by atoms with E-state index in [-0.39, 0.29) is 18.2 Å². The van der Waals surface area contributed by atoms with Crippen LogP contribution in [0.3, 0.4) is 0 Å². The molecule has 2 aliphatic rings. The number of carbonyl (C=O) groups is 1. The van der Waals surface area contributed by atoms with E-state index in [4.69, 9.17) is 10.5 Å². The molecule has 16 heavy (non-hydrogen) atoms. The summed E-state index contributed by atoms with van der Waals surface area (Å²) in [5, 5.41) is 2.63. The number of carbonyl (C=O) groups excluding carboxylic acids is 1. The quantitative estimate of drug-likeness (QED) is 0.618. The maximum absolute atomic E-state index is 11.4. The molecule has 92 valence electrons. The van der Waals surface area contributed by atoms with Crippen LogP contribution in [0.5, 0.6) is 0 Å². The first-order valence-electron chi connectivity index (χ1n) is 5.23. The fourth-order valence-corrected chi connectivity index (χ4v) is 2.95. The smallest absolute Gasteiger partial charge is 0.235 e. The lowest BCUT2D eigenvalue weighted by Gasteiger charge is -2.45. The molecule has 2 fully saturated rings. The van der Waals surface area contributed by atoms with Crippen molar-refractivity contribution in [1.82, 2.24) is 5.32 Å². The molecule has 1 saturated carbocycles. The largest absolute Gasteiger partial charge is 0.376 e. The van der Waals surface area contributed by atoms with Gasteiger partial charge in [0.2, 0.25) is 5.91 Å². The number of hydrogen-bond acceptors (Lipinski definition) is 5. The van der Waals surface area contributed by atoms with Gasteiger partial charge < -0.3 is 15.8 Å². The molecule has 7 heteroatoms. The van der Waals surface area contributed by atoms with Crippen molar-refractivity contribution < 1.29 is 17.9 Å². The van der Waals surface area contributed by atoms with Gasteiger partial charge in [-0.05, 0) is 6.42 Å².